The van der Waals surface area contributed by atoms with Gasteiger partial charge in [0.15, 0.2) is 19.7 Å². The van der Waals surface area contributed by atoms with Crippen LogP contribution < -0.4 is 5.32 Å². The van der Waals surface area contributed by atoms with Crippen molar-refractivity contribution in [1.29, 1.82) is 0 Å². The summed E-state index contributed by atoms with van der Waals surface area (Å²) in [6, 6.07) is 2.33. The van der Waals surface area contributed by atoms with Gasteiger partial charge in [0.1, 0.15) is 4.21 Å². The van der Waals surface area contributed by atoms with Crippen LogP contribution in [0.3, 0.4) is 0 Å². The van der Waals surface area contributed by atoms with E-state index in [0.717, 1.165) is 11.3 Å². The van der Waals surface area contributed by atoms with Crippen LogP contribution in [0.25, 0.3) is 0 Å². The lowest BCUT2D eigenvalue weighted by molar-refractivity contribution is 0.375. The summed E-state index contributed by atoms with van der Waals surface area (Å²) in [5, 5.41) is 2.14. The average molecular weight is 372 g/mol. The zero-order valence-corrected chi connectivity index (χ0v) is 15.2. The first kappa shape index (κ1) is 17.2. The van der Waals surface area contributed by atoms with Gasteiger partial charge >= 0.3 is 0 Å². The van der Waals surface area contributed by atoms with Crippen molar-refractivity contribution in [2.45, 2.75) is 41.8 Å². The number of sulfone groups is 2. The van der Waals surface area contributed by atoms with Gasteiger partial charge in [0.05, 0.1) is 21.1 Å². The molecule has 1 aromatic rings. The molecule has 2 rings (SSSR count). The number of hydrogen-bond acceptors (Lipinski definition) is 6. The molecular weight excluding hydrogens is 354 g/mol. The molecule has 21 heavy (non-hydrogen) atoms. The fourth-order valence-corrected chi connectivity index (χ4v) is 8.78. The van der Waals surface area contributed by atoms with Crippen LogP contribution in [0, 0.1) is 0 Å². The molecule has 1 saturated heterocycles. The van der Waals surface area contributed by atoms with E-state index in [-0.39, 0.29) is 21.3 Å². The molecule has 0 spiro atoms. The fraction of sp³-hybridized carbons (Fsp3) is 0.667. The van der Waals surface area contributed by atoms with Gasteiger partial charge in [-0.05, 0) is 32.9 Å². The Kier molecular flexibility index (Phi) is 4.50. The maximum absolute atomic E-state index is 12.7. The minimum atomic E-state index is -3.72. The molecule has 1 aliphatic heterocycles. The van der Waals surface area contributed by atoms with Crippen LogP contribution in [0.4, 0.5) is 0 Å². The van der Waals surface area contributed by atoms with Crippen LogP contribution in [0.1, 0.15) is 20.8 Å². The quantitative estimate of drug-likeness (QED) is 0.875. The molecule has 120 valence electrons. The van der Waals surface area contributed by atoms with Gasteiger partial charge in [-0.3, -0.25) is 0 Å². The van der Waals surface area contributed by atoms with Gasteiger partial charge in [0.25, 0.3) is 0 Å². The molecule has 1 aromatic heterocycles. The summed E-state index contributed by atoms with van der Waals surface area (Å²) in [6.07, 6.45) is 0. The van der Waals surface area contributed by atoms with Crippen molar-refractivity contribution >= 4 is 42.6 Å². The van der Waals surface area contributed by atoms with E-state index < -0.39 is 31.0 Å². The Morgan fingerprint density at radius 2 is 1.90 bits per heavy atom. The number of nitrogens with one attached hydrogen (secondary N) is 1. The SMILES string of the molecule is CC(C)(C)N[C@H]1CS(=O)(=O)C[C@@H]1S(=O)(=O)c1ccc(Cl)s1. The summed E-state index contributed by atoms with van der Waals surface area (Å²) in [6.45, 7) is 5.64. The molecule has 0 amide bonds. The van der Waals surface area contributed by atoms with Gasteiger partial charge in [-0.2, -0.15) is 0 Å². The first-order valence-electron chi connectivity index (χ1n) is 6.38. The van der Waals surface area contributed by atoms with Gasteiger partial charge in [-0.1, -0.05) is 11.6 Å². The highest BCUT2D eigenvalue weighted by atomic mass is 35.5. The first-order chi connectivity index (χ1) is 9.41. The molecule has 1 aliphatic rings. The molecule has 2 atom stereocenters. The summed E-state index contributed by atoms with van der Waals surface area (Å²) < 4.78 is 49.6. The maximum atomic E-state index is 12.7. The zero-order valence-electron chi connectivity index (χ0n) is 12.0. The van der Waals surface area contributed by atoms with E-state index in [9.17, 15) is 16.8 Å². The normalized spacial score (nSPS) is 26.1. The van der Waals surface area contributed by atoms with Crippen LogP contribution in [0.15, 0.2) is 16.3 Å². The lowest BCUT2D eigenvalue weighted by atomic mass is 10.1. The topological polar surface area (TPSA) is 80.3 Å². The minimum Gasteiger partial charge on any atom is -0.307 e. The van der Waals surface area contributed by atoms with E-state index >= 15 is 0 Å². The van der Waals surface area contributed by atoms with Crippen LogP contribution in [0.2, 0.25) is 4.34 Å². The van der Waals surface area contributed by atoms with Crippen molar-refractivity contribution in [3.05, 3.63) is 16.5 Å². The number of hydrogen-bond donors (Lipinski definition) is 1. The van der Waals surface area contributed by atoms with Gasteiger partial charge in [-0.25, -0.2) is 16.8 Å². The molecule has 1 fully saturated rings. The van der Waals surface area contributed by atoms with Crippen molar-refractivity contribution in [2.75, 3.05) is 11.5 Å². The third-order valence-electron chi connectivity index (χ3n) is 3.15. The Labute approximate surface area is 134 Å². The largest absolute Gasteiger partial charge is 0.307 e. The van der Waals surface area contributed by atoms with Crippen molar-refractivity contribution in [2.24, 2.45) is 0 Å². The Morgan fingerprint density at radius 3 is 2.38 bits per heavy atom. The molecule has 5 nitrogen and oxygen atoms in total. The predicted molar refractivity (Wildman–Crippen MR) is 85.6 cm³/mol. The second kappa shape index (κ2) is 5.49. The summed E-state index contributed by atoms with van der Waals surface area (Å²) in [4.78, 5) is 0. The van der Waals surface area contributed by atoms with Crippen molar-refractivity contribution in [1.82, 2.24) is 5.32 Å². The van der Waals surface area contributed by atoms with E-state index in [4.69, 9.17) is 11.6 Å². The van der Waals surface area contributed by atoms with E-state index in [1.807, 2.05) is 20.8 Å². The van der Waals surface area contributed by atoms with Gasteiger partial charge in [0, 0.05) is 11.6 Å². The second-order valence-electron chi connectivity index (χ2n) is 6.22. The highest BCUT2D eigenvalue weighted by molar-refractivity contribution is 7.97. The molecule has 0 saturated carbocycles. The number of thiophene rings is 1. The molecule has 0 bridgehead atoms. The molecule has 2 heterocycles. The fourth-order valence-electron chi connectivity index (χ4n) is 2.41. The summed E-state index contributed by atoms with van der Waals surface area (Å²) in [5.74, 6) is -0.508. The molecule has 1 N–H and O–H groups in total. The van der Waals surface area contributed by atoms with Crippen LogP contribution in [-0.4, -0.2) is 45.2 Å². The van der Waals surface area contributed by atoms with Crippen molar-refractivity contribution < 1.29 is 16.8 Å². The maximum Gasteiger partial charge on any atom is 0.193 e. The van der Waals surface area contributed by atoms with Gasteiger partial charge in [0.2, 0.25) is 0 Å². The van der Waals surface area contributed by atoms with E-state index in [1.54, 1.807) is 0 Å². The van der Waals surface area contributed by atoms with Crippen molar-refractivity contribution in [3.63, 3.8) is 0 Å². The van der Waals surface area contributed by atoms with Crippen LogP contribution in [-0.2, 0) is 19.7 Å². The molecule has 0 radical (unpaired) electrons. The average Bonchev–Trinajstić information content (AvgIpc) is 2.80. The third kappa shape index (κ3) is 3.98. The standard InChI is InChI=1S/C12H18ClNO4S3/c1-12(2,3)14-8-6-20(15,16)7-9(8)21(17,18)11-5-4-10(13)19-11/h4-5,8-9,14H,6-7H2,1-3H3/t8-,9-/m0/s1. The first-order valence-corrected chi connectivity index (χ1v) is 10.9. The van der Waals surface area contributed by atoms with Crippen LogP contribution >= 0.6 is 22.9 Å². The summed E-state index contributed by atoms with van der Waals surface area (Å²) in [5.41, 5.74) is -0.370. The van der Waals surface area contributed by atoms with E-state index in [1.165, 1.54) is 12.1 Å². The molecular formula is C12H18ClNO4S3. The Morgan fingerprint density at radius 1 is 1.29 bits per heavy atom. The van der Waals surface area contributed by atoms with Crippen molar-refractivity contribution in [3.8, 4) is 0 Å². The monoisotopic (exact) mass is 371 g/mol. The number of halogens is 1. The van der Waals surface area contributed by atoms with Gasteiger partial charge < -0.3 is 5.32 Å². The summed E-state index contributed by atoms with van der Waals surface area (Å²) >= 11 is 6.75. The Bertz CT molecular complexity index is 731. The molecule has 0 aliphatic carbocycles. The highest BCUT2D eigenvalue weighted by Gasteiger charge is 2.47. The van der Waals surface area contributed by atoms with E-state index in [0.29, 0.717) is 4.34 Å². The minimum absolute atomic E-state index is 0.121. The lowest BCUT2D eigenvalue weighted by Crippen LogP contribution is -2.51. The highest BCUT2D eigenvalue weighted by Crippen LogP contribution is 2.32. The third-order valence-corrected chi connectivity index (χ3v) is 9.05. The van der Waals surface area contributed by atoms with Crippen LogP contribution in [0.5, 0.6) is 0 Å². The second-order valence-corrected chi connectivity index (χ2v) is 12.5. The lowest BCUT2D eigenvalue weighted by Gasteiger charge is -2.28. The molecule has 0 unspecified atom stereocenters. The molecule has 0 aromatic carbocycles. The Hall–Kier alpha value is -0.150. The molecule has 9 heteroatoms. The smallest absolute Gasteiger partial charge is 0.193 e. The Balaban J connectivity index is 2.39. The van der Waals surface area contributed by atoms with Gasteiger partial charge in [-0.15, -0.1) is 11.3 Å². The zero-order chi connectivity index (χ0) is 16.1. The van der Waals surface area contributed by atoms with E-state index in [2.05, 4.69) is 5.32 Å². The predicted octanol–water partition coefficient (Wildman–Crippen LogP) is 1.73. The number of rotatable bonds is 3. The summed E-state index contributed by atoms with van der Waals surface area (Å²) in [7, 11) is -7.09.